The quantitative estimate of drug-likeness (QED) is 0.590. The molecule has 0 aromatic carbocycles. The van der Waals surface area contributed by atoms with Crippen molar-refractivity contribution in [2.24, 2.45) is 5.10 Å². The highest BCUT2D eigenvalue weighted by molar-refractivity contribution is 8.14. The zero-order chi connectivity index (χ0) is 7.61. The van der Waals surface area contributed by atoms with Crippen molar-refractivity contribution < 1.29 is 13.2 Å². The summed E-state index contributed by atoms with van der Waals surface area (Å²) < 4.78 is 35.2. The standard InChI is InChI=1S/C4H5F3N2S/c5-4(6,7)3-9-8-1-2-10-3/h8H,1-2H2. The van der Waals surface area contributed by atoms with Crippen LogP contribution in [0.4, 0.5) is 13.2 Å². The fourth-order valence-corrected chi connectivity index (χ4v) is 1.18. The Balaban J connectivity index is 2.62. The predicted molar refractivity (Wildman–Crippen MR) is 34.0 cm³/mol. The number of rotatable bonds is 0. The molecule has 0 saturated heterocycles. The smallest absolute Gasteiger partial charge is 0.308 e. The Hall–Kier alpha value is -0.390. The molecule has 10 heavy (non-hydrogen) atoms. The van der Waals surface area contributed by atoms with Crippen LogP contribution in [-0.2, 0) is 0 Å². The van der Waals surface area contributed by atoms with Gasteiger partial charge in [0.05, 0.1) is 0 Å². The van der Waals surface area contributed by atoms with Crippen molar-refractivity contribution in [1.82, 2.24) is 5.43 Å². The molecule has 0 saturated carbocycles. The van der Waals surface area contributed by atoms with Gasteiger partial charge in [-0.05, 0) is 0 Å². The van der Waals surface area contributed by atoms with Crippen LogP contribution in [0.5, 0.6) is 0 Å². The molecule has 1 heterocycles. The van der Waals surface area contributed by atoms with Crippen molar-refractivity contribution in [3.63, 3.8) is 0 Å². The number of thioether (sulfide) groups is 1. The minimum absolute atomic E-state index is 0.429. The van der Waals surface area contributed by atoms with Gasteiger partial charge < -0.3 is 5.43 Å². The van der Waals surface area contributed by atoms with Gasteiger partial charge in [-0.3, -0.25) is 0 Å². The van der Waals surface area contributed by atoms with Crippen molar-refractivity contribution in [2.45, 2.75) is 6.18 Å². The summed E-state index contributed by atoms with van der Waals surface area (Å²) in [5.41, 5.74) is 2.29. The van der Waals surface area contributed by atoms with Crippen LogP contribution in [0.3, 0.4) is 0 Å². The molecule has 0 radical (unpaired) electrons. The van der Waals surface area contributed by atoms with Gasteiger partial charge in [-0.2, -0.15) is 18.3 Å². The van der Waals surface area contributed by atoms with Crippen molar-refractivity contribution in [2.75, 3.05) is 12.3 Å². The number of nitrogens with one attached hydrogen (secondary N) is 1. The first-order valence-electron chi connectivity index (χ1n) is 2.61. The molecule has 0 fully saturated rings. The Bertz CT molecular complexity index is 153. The zero-order valence-corrected chi connectivity index (χ0v) is 5.72. The summed E-state index contributed by atoms with van der Waals surface area (Å²) in [6.45, 7) is 0.504. The van der Waals surface area contributed by atoms with Gasteiger partial charge in [0.25, 0.3) is 0 Å². The topological polar surface area (TPSA) is 24.4 Å². The highest BCUT2D eigenvalue weighted by atomic mass is 32.2. The van der Waals surface area contributed by atoms with Crippen LogP contribution >= 0.6 is 11.8 Å². The Morgan fingerprint density at radius 3 is 2.50 bits per heavy atom. The van der Waals surface area contributed by atoms with Crippen molar-refractivity contribution in [3.8, 4) is 0 Å². The van der Waals surface area contributed by atoms with E-state index in [-0.39, 0.29) is 0 Å². The van der Waals surface area contributed by atoms with Crippen LogP contribution in [0.15, 0.2) is 5.10 Å². The summed E-state index contributed by atoms with van der Waals surface area (Å²) >= 11 is 0.733. The van der Waals surface area contributed by atoms with Crippen LogP contribution < -0.4 is 5.43 Å². The van der Waals surface area contributed by atoms with E-state index in [2.05, 4.69) is 10.5 Å². The summed E-state index contributed by atoms with van der Waals surface area (Å²) in [5, 5.41) is 2.33. The lowest BCUT2D eigenvalue weighted by Crippen LogP contribution is -2.28. The van der Waals surface area contributed by atoms with E-state index in [1.54, 1.807) is 0 Å². The molecule has 1 aliphatic rings. The van der Waals surface area contributed by atoms with Gasteiger partial charge in [0.1, 0.15) is 0 Å². The first kappa shape index (κ1) is 7.71. The first-order chi connectivity index (χ1) is 4.61. The number of hydrogen-bond donors (Lipinski definition) is 1. The monoisotopic (exact) mass is 170 g/mol. The third-order valence-electron chi connectivity index (χ3n) is 0.876. The molecular formula is C4H5F3N2S. The van der Waals surface area contributed by atoms with E-state index in [9.17, 15) is 13.2 Å². The molecule has 0 aliphatic carbocycles. The van der Waals surface area contributed by atoms with E-state index in [1.807, 2.05) is 0 Å². The number of hydrogen-bond acceptors (Lipinski definition) is 3. The molecule has 0 aromatic rings. The normalized spacial score (nSPS) is 19.7. The molecule has 58 valence electrons. The van der Waals surface area contributed by atoms with Gasteiger partial charge in [0.15, 0.2) is 5.04 Å². The van der Waals surface area contributed by atoms with E-state index in [1.165, 1.54) is 0 Å². The van der Waals surface area contributed by atoms with Crippen LogP contribution in [0.2, 0.25) is 0 Å². The molecule has 0 aromatic heterocycles. The van der Waals surface area contributed by atoms with Crippen molar-refractivity contribution in [1.29, 1.82) is 0 Å². The van der Waals surface area contributed by atoms with Crippen LogP contribution in [0.25, 0.3) is 0 Å². The van der Waals surface area contributed by atoms with E-state index < -0.39 is 11.2 Å². The SMILES string of the molecule is FC(F)(F)C1=NNCCS1. The van der Waals surface area contributed by atoms with Crippen molar-refractivity contribution >= 4 is 16.8 Å². The van der Waals surface area contributed by atoms with Crippen LogP contribution in [0, 0.1) is 0 Å². The molecule has 0 spiro atoms. The van der Waals surface area contributed by atoms with Gasteiger partial charge >= 0.3 is 6.18 Å². The van der Waals surface area contributed by atoms with Crippen molar-refractivity contribution in [3.05, 3.63) is 0 Å². The van der Waals surface area contributed by atoms with E-state index >= 15 is 0 Å². The van der Waals surface area contributed by atoms with Gasteiger partial charge in [-0.1, -0.05) is 11.8 Å². The molecule has 2 nitrogen and oxygen atoms in total. The lowest BCUT2D eigenvalue weighted by Gasteiger charge is -2.13. The first-order valence-corrected chi connectivity index (χ1v) is 3.60. The van der Waals surface area contributed by atoms with E-state index in [4.69, 9.17) is 0 Å². The number of alkyl halides is 3. The predicted octanol–water partition coefficient (Wildman–Crippen LogP) is 1.20. The Labute approximate surface area is 59.9 Å². The average molecular weight is 170 g/mol. The maximum atomic E-state index is 11.7. The molecule has 1 aliphatic heterocycles. The lowest BCUT2D eigenvalue weighted by molar-refractivity contribution is -0.0559. The Kier molecular flexibility index (Phi) is 2.08. The maximum Gasteiger partial charge on any atom is 0.441 e. The van der Waals surface area contributed by atoms with E-state index in [0.29, 0.717) is 12.3 Å². The minimum Gasteiger partial charge on any atom is -0.308 e. The molecule has 0 unspecified atom stereocenters. The molecule has 1 rings (SSSR count). The van der Waals surface area contributed by atoms with Crippen LogP contribution in [0.1, 0.15) is 0 Å². The second-order valence-electron chi connectivity index (χ2n) is 1.67. The summed E-state index contributed by atoms with van der Waals surface area (Å²) in [6.07, 6.45) is -4.28. The molecule has 1 N–H and O–H groups in total. The summed E-state index contributed by atoms with van der Waals surface area (Å²) in [4.78, 5) is 0. The van der Waals surface area contributed by atoms with Gasteiger partial charge in [0, 0.05) is 12.3 Å². The van der Waals surface area contributed by atoms with E-state index in [0.717, 1.165) is 11.8 Å². The Morgan fingerprint density at radius 2 is 2.20 bits per heavy atom. The third-order valence-corrected chi connectivity index (χ3v) is 1.88. The third kappa shape index (κ3) is 1.80. The Morgan fingerprint density at radius 1 is 1.50 bits per heavy atom. The molecule has 0 amide bonds. The fraction of sp³-hybridized carbons (Fsp3) is 0.750. The molecule has 0 atom stereocenters. The molecule has 6 heteroatoms. The summed E-state index contributed by atoms with van der Waals surface area (Å²) in [5.74, 6) is 0.429. The van der Waals surface area contributed by atoms with Crippen LogP contribution in [-0.4, -0.2) is 23.5 Å². The summed E-state index contributed by atoms with van der Waals surface area (Å²) in [6, 6.07) is 0. The average Bonchev–Trinajstić information content (AvgIpc) is 1.88. The number of hydrazone groups is 1. The second-order valence-corrected chi connectivity index (χ2v) is 2.75. The largest absolute Gasteiger partial charge is 0.441 e. The highest BCUT2D eigenvalue weighted by Gasteiger charge is 2.37. The maximum absolute atomic E-state index is 11.7. The molecular weight excluding hydrogens is 165 g/mol. The second kappa shape index (κ2) is 2.69. The van der Waals surface area contributed by atoms with Gasteiger partial charge in [0.2, 0.25) is 0 Å². The zero-order valence-electron chi connectivity index (χ0n) is 4.90. The minimum atomic E-state index is -4.28. The number of nitrogens with zero attached hydrogens (tertiary/aromatic N) is 1. The molecule has 0 bridgehead atoms. The summed E-state index contributed by atoms with van der Waals surface area (Å²) in [7, 11) is 0. The van der Waals surface area contributed by atoms with Gasteiger partial charge in [-0.15, -0.1) is 0 Å². The number of halogens is 3. The fourth-order valence-electron chi connectivity index (χ4n) is 0.499. The highest BCUT2D eigenvalue weighted by Crippen LogP contribution is 2.25. The van der Waals surface area contributed by atoms with Gasteiger partial charge in [-0.25, -0.2) is 0 Å². The lowest BCUT2D eigenvalue weighted by atomic mass is 10.7.